The molecule has 2 aromatic rings. The summed E-state index contributed by atoms with van der Waals surface area (Å²) in [4.78, 5) is 0. The molecule has 98 valence electrons. The van der Waals surface area contributed by atoms with Gasteiger partial charge in [-0.1, -0.05) is 36.8 Å². The summed E-state index contributed by atoms with van der Waals surface area (Å²) >= 11 is 0. The van der Waals surface area contributed by atoms with E-state index in [0.717, 1.165) is 23.4 Å². The van der Waals surface area contributed by atoms with E-state index in [9.17, 15) is 4.39 Å². The molecule has 0 aromatic heterocycles. The number of hydrogen-bond donors (Lipinski definition) is 1. The Balaban J connectivity index is 2.15. The van der Waals surface area contributed by atoms with E-state index in [1.165, 1.54) is 17.7 Å². The van der Waals surface area contributed by atoms with Crippen molar-refractivity contribution in [2.75, 3.05) is 5.43 Å². The third-order valence-electron chi connectivity index (χ3n) is 2.88. The maximum atomic E-state index is 12.9. The summed E-state index contributed by atoms with van der Waals surface area (Å²) < 4.78 is 12.9. The number of nitrogens with one attached hydrogen (secondary N) is 1. The summed E-state index contributed by atoms with van der Waals surface area (Å²) in [6.07, 6.45) is 0.782. The van der Waals surface area contributed by atoms with E-state index < -0.39 is 0 Å². The van der Waals surface area contributed by atoms with Gasteiger partial charge in [-0.2, -0.15) is 5.10 Å². The van der Waals surface area contributed by atoms with Crippen LogP contribution in [-0.2, 0) is 0 Å². The topological polar surface area (TPSA) is 24.4 Å². The molecule has 3 heteroatoms. The van der Waals surface area contributed by atoms with E-state index in [4.69, 9.17) is 0 Å². The average Bonchev–Trinajstić information content (AvgIpc) is 2.43. The van der Waals surface area contributed by atoms with Gasteiger partial charge in [0.25, 0.3) is 0 Å². The van der Waals surface area contributed by atoms with Gasteiger partial charge in [-0.25, -0.2) is 4.39 Å². The Morgan fingerprint density at radius 1 is 1.05 bits per heavy atom. The Morgan fingerprint density at radius 3 is 2.26 bits per heavy atom. The SMILES string of the molecule is CC/C(=N/Nc1ccc(C)cc1)c1ccc(F)cc1. The smallest absolute Gasteiger partial charge is 0.123 e. The van der Waals surface area contributed by atoms with Gasteiger partial charge in [-0.05, 0) is 43.2 Å². The zero-order valence-electron chi connectivity index (χ0n) is 11.2. The van der Waals surface area contributed by atoms with Gasteiger partial charge in [-0.15, -0.1) is 0 Å². The van der Waals surface area contributed by atoms with Gasteiger partial charge in [0.2, 0.25) is 0 Å². The third-order valence-corrected chi connectivity index (χ3v) is 2.88. The normalized spacial score (nSPS) is 11.4. The van der Waals surface area contributed by atoms with Crippen LogP contribution in [-0.4, -0.2) is 5.71 Å². The number of hydrazone groups is 1. The van der Waals surface area contributed by atoms with Crippen LogP contribution in [0.4, 0.5) is 10.1 Å². The van der Waals surface area contributed by atoms with Crippen LogP contribution in [0, 0.1) is 12.7 Å². The van der Waals surface area contributed by atoms with Gasteiger partial charge in [0, 0.05) is 0 Å². The molecule has 19 heavy (non-hydrogen) atoms. The Bertz CT molecular complexity index is 556. The molecule has 0 radical (unpaired) electrons. The largest absolute Gasteiger partial charge is 0.278 e. The molecule has 2 rings (SSSR count). The molecule has 0 fully saturated rings. The lowest BCUT2D eigenvalue weighted by atomic mass is 10.1. The molecule has 0 aliphatic carbocycles. The van der Waals surface area contributed by atoms with E-state index in [0.29, 0.717) is 0 Å². The summed E-state index contributed by atoms with van der Waals surface area (Å²) in [6.45, 7) is 4.07. The minimum Gasteiger partial charge on any atom is -0.278 e. The van der Waals surface area contributed by atoms with E-state index in [-0.39, 0.29) is 5.82 Å². The van der Waals surface area contributed by atoms with Gasteiger partial charge >= 0.3 is 0 Å². The highest BCUT2D eigenvalue weighted by atomic mass is 19.1. The van der Waals surface area contributed by atoms with Gasteiger partial charge < -0.3 is 0 Å². The lowest BCUT2D eigenvalue weighted by Gasteiger charge is -2.06. The van der Waals surface area contributed by atoms with E-state index in [1.54, 1.807) is 12.1 Å². The van der Waals surface area contributed by atoms with Gasteiger partial charge in [0.15, 0.2) is 0 Å². The number of nitrogens with zero attached hydrogens (tertiary/aromatic N) is 1. The Kier molecular flexibility index (Phi) is 4.29. The molecule has 0 spiro atoms. The van der Waals surface area contributed by atoms with E-state index in [2.05, 4.69) is 10.5 Å². The molecule has 0 aliphatic heterocycles. The molecule has 0 unspecified atom stereocenters. The number of anilines is 1. The van der Waals surface area contributed by atoms with Gasteiger partial charge in [-0.3, -0.25) is 5.43 Å². The van der Waals surface area contributed by atoms with Crippen LogP contribution in [0.3, 0.4) is 0 Å². The lowest BCUT2D eigenvalue weighted by molar-refractivity contribution is 0.627. The standard InChI is InChI=1S/C16H17FN2/c1-3-16(13-6-8-14(17)9-7-13)19-18-15-10-4-12(2)5-11-15/h4-11,18H,3H2,1-2H3/b19-16-. The molecule has 2 aromatic carbocycles. The number of rotatable bonds is 4. The first-order chi connectivity index (χ1) is 9.19. The van der Waals surface area contributed by atoms with Gasteiger partial charge in [0.05, 0.1) is 11.4 Å². The average molecular weight is 256 g/mol. The van der Waals surface area contributed by atoms with E-state index >= 15 is 0 Å². The molecule has 0 atom stereocenters. The fourth-order valence-electron chi connectivity index (χ4n) is 1.75. The molecule has 2 nitrogen and oxygen atoms in total. The maximum Gasteiger partial charge on any atom is 0.123 e. The third kappa shape index (κ3) is 3.65. The highest BCUT2D eigenvalue weighted by Crippen LogP contribution is 2.11. The van der Waals surface area contributed by atoms with Crippen molar-refractivity contribution in [3.05, 3.63) is 65.5 Å². The van der Waals surface area contributed by atoms with E-state index in [1.807, 2.05) is 38.1 Å². The van der Waals surface area contributed by atoms with Crippen molar-refractivity contribution in [2.24, 2.45) is 5.10 Å². The second-order valence-electron chi connectivity index (χ2n) is 4.40. The van der Waals surface area contributed by atoms with Crippen molar-refractivity contribution in [1.29, 1.82) is 0 Å². The Morgan fingerprint density at radius 2 is 1.68 bits per heavy atom. The second kappa shape index (κ2) is 6.14. The van der Waals surface area contributed by atoms with Crippen molar-refractivity contribution in [3.8, 4) is 0 Å². The molecule has 0 bridgehead atoms. The predicted octanol–water partition coefficient (Wildman–Crippen LogP) is 4.36. The minimum atomic E-state index is -0.231. The Hall–Kier alpha value is -2.16. The van der Waals surface area contributed by atoms with Crippen LogP contribution in [0.5, 0.6) is 0 Å². The summed E-state index contributed by atoms with van der Waals surface area (Å²) in [6, 6.07) is 14.4. The van der Waals surface area contributed by atoms with Crippen molar-refractivity contribution < 1.29 is 4.39 Å². The highest BCUT2D eigenvalue weighted by molar-refractivity contribution is 6.00. The first-order valence-corrected chi connectivity index (χ1v) is 6.34. The fraction of sp³-hybridized carbons (Fsp3) is 0.188. The zero-order chi connectivity index (χ0) is 13.7. The summed E-state index contributed by atoms with van der Waals surface area (Å²) in [7, 11) is 0. The molecule has 0 saturated carbocycles. The monoisotopic (exact) mass is 256 g/mol. The molecular weight excluding hydrogens is 239 g/mol. The Labute approximate surface area is 113 Å². The number of hydrogen-bond acceptors (Lipinski definition) is 2. The summed E-state index contributed by atoms with van der Waals surface area (Å²) in [5.74, 6) is -0.231. The fourth-order valence-corrected chi connectivity index (χ4v) is 1.75. The number of aryl methyl sites for hydroxylation is 1. The molecule has 1 N–H and O–H groups in total. The minimum absolute atomic E-state index is 0.231. The van der Waals surface area contributed by atoms with Crippen LogP contribution in [0.25, 0.3) is 0 Å². The molecule has 0 aliphatic rings. The lowest BCUT2D eigenvalue weighted by Crippen LogP contribution is -2.03. The van der Waals surface area contributed by atoms with Crippen molar-refractivity contribution in [2.45, 2.75) is 20.3 Å². The molecular formula is C16H17FN2. The quantitative estimate of drug-likeness (QED) is 0.638. The van der Waals surface area contributed by atoms with Crippen molar-refractivity contribution in [1.82, 2.24) is 0 Å². The molecule has 0 heterocycles. The second-order valence-corrected chi connectivity index (χ2v) is 4.40. The summed E-state index contributed by atoms with van der Waals surface area (Å²) in [5, 5.41) is 4.39. The predicted molar refractivity (Wildman–Crippen MR) is 78.0 cm³/mol. The highest BCUT2D eigenvalue weighted by Gasteiger charge is 2.01. The summed E-state index contributed by atoms with van der Waals surface area (Å²) in [5.41, 5.74) is 7.02. The van der Waals surface area contributed by atoms with Crippen LogP contribution in [0.15, 0.2) is 53.6 Å². The van der Waals surface area contributed by atoms with Crippen LogP contribution < -0.4 is 5.43 Å². The van der Waals surface area contributed by atoms with Crippen LogP contribution in [0.1, 0.15) is 24.5 Å². The number of benzene rings is 2. The number of halogens is 1. The zero-order valence-corrected chi connectivity index (χ0v) is 11.2. The maximum absolute atomic E-state index is 12.9. The molecule has 0 amide bonds. The van der Waals surface area contributed by atoms with Crippen molar-refractivity contribution >= 4 is 11.4 Å². The van der Waals surface area contributed by atoms with Crippen LogP contribution >= 0.6 is 0 Å². The van der Waals surface area contributed by atoms with Crippen molar-refractivity contribution in [3.63, 3.8) is 0 Å². The van der Waals surface area contributed by atoms with Gasteiger partial charge in [0.1, 0.15) is 5.82 Å². The first-order valence-electron chi connectivity index (χ1n) is 6.34. The first kappa shape index (κ1) is 13.3. The van der Waals surface area contributed by atoms with Crippen LogP contribution in [0.2, 0.25) is 0 Å². The molecule has 0 saturated heterocycles.